The lowest BCUT2D eigenvalue weighted by molar-refractivity contribution is 0.295. The average molecular weight is 1920 g/mol. The second-order valence-corrected chi connectivity index (χ2v) is 50.1. The van der Waals surface area contributed by atoms with Crippen molar-refractivity contribution >= 4 is 0 Å². The minimum Gasteiger partial charge on any atom is -0.507 e. The zero-order chi connectivity index (χ0) is 104. The van der Waals surface area contributed by atoms with Crippen molar-refractivity contribution in [3.8, 4) is 46.0 Å². The van der Waals surface area contributed by atoms with E-state index in [1.807, 2.05) is 0 Å². The number of rotatable bonds is 18. The van der Waals surface area contributed by atoms with Crippen molar-refractivity contribution in [1.82, 2.24) is 0 Å². The first-order chi connectivity index (χ1) is 67.6. The highest BCUT2D eigenvalue weighted by Gasteiger charge is 2.35. The summed E-state index contributed by atoms with van der Waals surface area (Å²) in [5, 5.41) is 28.3. The summed E-state index contributed by atoms with van der Waals surface area (Å²) in [5.74, 6) is 5.14. The van der Waals surface area contributed by atoms with Gasteiger partial charge in [-0.1, -0.05) is 442 Å². The molecule has 8 heteroatoms. The van der Waals surface area contributed by atoms with E-state index in [0.29, 0.717) is 91.0 Å². The van der Waals surface area contributed by atoms with Gasteiger partial charge in [0.25, 0.3) is 0 Å². The van der Waals surface area contributed by atoms with Gasteiger partial charge in [-0.2, -0.15) is 0 Å². The molecule has 2 N–H and O–H groups in total. The summed E-state index contributed by atoms with van der Waals surface area (Å²) < 4.78 is 46.2. The third kappa shape index (κ3) is 26.2. The molecule has 0 aliphatic heterocycles. The number of aryl methyl sites for hydroxylation is 6. The molecule has 0 aromatic heterocycles. The Morgan fingerprint density at radius 3 is 0.361 bits per heavy atom. The van der Waals surface area contributed by atoms with E-state index in [9.17, 15) is 10.2 Å². The van der Waals surface area contributed by atoms with Gasteiger partial charge in [0.1, 0.15) is 85.6 Å². The Labute approximate surface area is 863 Å². The Hall–Kier alpha value is -12.5. The largest absolute Gasteiger partial charge is 0.507 e. The topological polar surface area (TPSA) is 95.8 Å². The molecule has 8 nitrogen and oxygen atoms in total. The lowest BCUT2D eigenvalue weighted by atomic mass is 9.79. The van der Waals surface area contributed by atoms with Gasteiger partial charge in [0.05, 0.1) is 0 Å². The smallest absolute Gasteiger partial charge is 0.126 e. The first-order valence-corrected chi connectivity index (χ1v) is 52.3. The molecule has 15 rings (SSSR count). The maximum Gasteiger partial charge on any atom is 0.126 e. The first-order valence-electron chi connectivity index (χ1n) is 52.3. The molecular weight excluding hydrogens is 1760 g/mol. The molecule has 0 unspecified atom stereocenters. The molecule has 16 bridgehead atoms. The lowest BCUT2D eigenvalue weighted by Gasteiger charge is -2.29. The van der Waals surface area contributed by atoms with Crippen molar-refractivity contribution in [3.63, 3.8) is 0 Å². The first kappa shape index (κ1) is 106. The van der Waals surface area contributed by atoms with Crippen molar-refractivity contribution in [2.24, 2.45) is 0 Å². The Morgan fingerprint density at radius 1 is 0.160 bits per heavy atom. The number of benzene rings is 14. The fourth-order valence-corrected chi connectivity index (χ4v) is 19.4. The molecular formula is C136H160O8. The zero-order valence-electron chi connectivity index (χ0n) is 92.3. The van der Waals surface area contributed by atoms with Gasteiger partial charge in [-0.3, -0.25) is 0 Å². The summed E-state index contributed by atoms with van der Waals surface area (Å²) in [6.45, 7) is 69.9. The number of fused-ring (bicyclic) bond motifs is 16. The molecule has 0 saturated heterocycles. The van der Waals surface area contributed by atoms with Crippen LogP contribution in [0.4, 0.5) is 0 Å². The van der Waals surface area contributed by atoms with Crippen LogP contribution in [-0.4, -0.2) is 10.2 Å². The monoisotopic (exact) mass is 1920 g/mol. The summed E-state index contributed by atoms with van der Waals surface area (Å²) in [5.41, 5.74) is 34.7. The van der Waals surface area contributed by atoms with Gasteiger partial charge in [0, 0.05) is 51.4 Å². The van der Waals surface area contributed by atoms with E-state index in [1.165, 1.54) is 33.4 Å². The number of phenolic OH excluding ortho intramolecular Hbond substituents is 2. The Balaban J connectivity index is 1.07. The molecule has 0 saturated carbocycles. The quantitative estimate of drug-likeness (QED) is 0.0877. The van der Waals surface area contributed by atoms with Crippen molar-refractivity contribution in [2.75, 3.05) is 0 Å². The van der Waals surface area contributed by atoms with Crippen LogP contribution in [-0.2, 0) is 134 Å². The number of hydrogen-bond acceptors (Lipinski definition) is 8. The minimum absolute atomic E-state index is 0.235. The Morgan fingerprint density at radius 2 is 0.257 bits per heavy atom. The molecule has 14 aromatic rings. The van der Waals surface area contributed by atoms with Crippen LogP contribution in [0.25, 0.3) is 0 Å². The second kappa shape index (κ2) is 42.3. The number of phenols is 2. The van der Waals surface area contributed by atoms with E-state index in [4.69, 9.17) is 28.4 Å². The van der Waals surface area contributed by atoms with Gasteiger partial charge in [0.2, 0.25) is 0 Å². The Bertz CT molecular complexity index is 6190. The summed E-state index contributed by atoms with van der Waals surface area (Å²) in [4.78, 5) is 0. The highest BCUT2D eigenvalue weighted by atomic mass is 16.5. The van der Waals surface area contributed by atoms with Crippen molar-refractivity contribution in [3.05, 3.63) is 443 Å². The molecule has 0 amide bonds. The Kier molecular flexibility index (Phi) is 31.0. The van der Waals surface area contributed by atoms with Crippen molar-refractivity contribution < 1.29 is 38.6 Å². The van der Waals surface area contributed by atoms with E-state index in [0.717, 1.165) is 201 Å². The number of hydrogen-bond donors (Lipinski definition) is 2. The minimum atomic E-state index is -0.369. The summed E-state index contributed by atoms with van der Waals surface area (Å²) >= 11 is 0. The predicted octanol–water partition coefficient (Wildman–Crippen LogP) is 33.8. The van der Waals surface area contributed by atoms with Crippen molar-refractivity contribution in [1.29, 1.82) is 0 Å². The molecule has 14 aromatic carbocycles. The number of aromatic hydroxyl groups is 2. The third-order valence-corrected chi connectivity index (χ3v) is 29.0. The van der Waals surface area contributed by atoms with E-state index in [1.54, 1.807) is 0 Å². The van der Waals surface area contributed by atoms with Crippen LogP contribution in [0.5, 0.6) is 46.0 Å². The summed E-state index contributed by atoms with van der Waals surface area (Å²) in [7, 11) is 0. The molecule has 0 spiro atoms. The van der Waals surface area contributed by atoms with Crippen LogP contribution < -0.4 is 28.4 Å². The molecule has 1 aliphatic rings. The maximum absolute atomic E-state index is 14.1. The molecule has 752 valence electrons. The van der Waals surface area contributed by atoms with E-state index >= 15 is 0 Å². The molecule has 0 heterocycles. The van der Waals surface area contributed by atoms with Crippen LogP contribution in [0, 0.1) is 41.5 Å². The summed E-state index contributed by atoms with van der Waals surface area (Å²) in [6, 6.07) is 90.0. The van der Waals surface area contributed by atoms with Gasteiger partial charge < -0.3 is 38.6 Å². The SMILES string of the molecule is Cc1ccc(COc2c3cc(C(C)(C)C)cc2Cc2cc(C(C)(C)C)cc(c2OCc2ccc(C)cc2)Cc2cc(C(C)(C)C)cc(c2OCc2ccc(C)cc2)Cc2cc(C(C)(C)C)cc(c2O)Cc2cc(C(C)(C)C)cc(c2OCc2ccc(C)cc2)Cc2cc(C(C)(C)C)cc(c2OCc2ccc(C)cc2)Cc2cc(C(C)(C)C)cc(c2OCc2ccc(C)cc2)Cc2cc(C(C)(C)C)cc(c2O)C3)cc1. The van der Waals surface area contributed by atoms with Crippen LogP contribution in [0.2, 0.25) is 0 Å². The lowest BCUT2D eigenvalue weighted by Crippen LogP contribution is -2.17. The van der Waals surface area contributed by atoms with E-state index in [-0.39, 0.29) is 54.8 Å². The molecule has 0 fully saturated rings. The number of ether oxygens (including phenoxy) is 6. The van der Waals surface area contributed by atoms with Crippen LogP contribution >= 0.6 is 0 Å². The van der Waals surface area contributed by atoms with Gasteiger partial charge in [-0.05, 0) is 252 Å². The molecule has 1 aliphatic carbocycles. The molecule has 144 heavy (non-hydrogen) atoms. The highest BCUT2D eigenvalue weighted by molar-refractivity contribution is 5.64. The standard InChI is InChI=1S/C136H160O8/c1-85-31-43-91(44-32-85)79-139-123-101-55-97-63-113(129(7,8)9)64-98(121(97)137)56-102-68-116(132(16,17)18)73-107(124(102)140-80-92-45-33-86(2)34-46-92)61-111-77-120(136(28,29)30)78-112(128(111)144-84-96-53-41-90(6)42-54-96)62-108-74-118(134(22,23)24)70-104(126(108)142-82-94-49-37-88(4)38-50-94)58-100-66-114(130(10,11)12)65-99(122(100)138)57-103-69-117(133(19,20)21)72-106(125(103)141-81-93-47-35-87(3)36-48-93)60-110-76-119(135(25,26)27)75-109(59-105(123)71-115(67-101)131(13,14)15)127(110)143-83-95-51-39-89(5)40-52-95/h31-54,63-78,137-138H,55-62,79-84H2,1-30H3. The van der Waals surface area contributed by atoms with Gasteiger partial charge in [0.15, 0.2) is 0 Å². The highest BCUT2D eigenvalue weighted by Crippen LogP contribution is 2.50. The fourth-order valence-electron chi connectivity index (χ4n) is 19.4. The zero-order valence-corrected chi connectivity index (χ0v) is 92.3. The van der Waals surface area contributed by atoms with Crippen molar-refractivity contribution in [2.45, 2.75) is 342 Å². The van der Waals surface area contributed by atoms with Crippen LogP contribution in [0.3, 0.4) is 0 Å². The predicted molar refractivity (Wildman–Crippen MR) is 600 cm³/mol. The molecule has 0 atom stereocenters. The van der Waals surface area contributed by atoms with Gasteiger partial charge in [-0.15, -0.1) is 0 Å². The maximum atomic E-state index is 14.1. The molecule has 0 radical (unpaired) electrons. The van der Waals surface area contributed by atoms with E-state index < -0.39 is 0 Å². The van der Waals surface area contributed by atoms with Crippen LogP contribution in [0.1, 0.15) is 366 Å². The third-order valence-electron chi connectivity index (χ3n) is 29.0. The van der Waals surface area contributed by atoms with Gasteiger partial charge in [-0.25, -0.2) is 0 Å². The van der Waals surface area contributed by atoms with E-state index in [2.05, 4.69) is 450 Å². The second-order valence-electron chi connectivity index (χ2n) is 50.1. The normalized spacial score (nSPS) is 13.2. The fraction of sp³-hybridized carbons (Fsp3) is 0.382. The van der Waals surface area contributed by atoms with Crippen LogP contribution in [0.15, 0.2) is 243 Å². The van der Waals surface area contributed by atoms with Gasteiger partial charge >= 0.3 is 0 Å². The summed E-state index contributed by atoms with van der Waals surface area (Å²) in [6.07, 6.45) is 3.08. The average Bonchev–Trinajstić information content (AvgIpc) is 0.765.